The first kappa shape index (κ1) is 21.5. The molecule has 1 N–H and O–H groups in total. The zero-order valence-corrected chi connectivity index (χ0v) is 18.6. The summed E-state index contributed by atoms with van der Waals surface area (Å²) in [7, 11) is 0. The lowest BCUT2D eigenvalue weighted by atomic mass is 10.1. The monoisotopic (exact) mass is 473 g/mol. The summed E-state index contributed by atoms with van der Waals surface area (Å²) < 4.78 is 5.29. The number of hydrogen-bond acceptors (Lipinski definition) is 6. The van der Waals surface area contributed by atoms with Crippen LogP contribution in [0.2, 0.25) is 5.02 Å². The number of para-hydroxylation sites is 1. The van der Waals surface area contributed by atoms with Crippen molar-refractivity contribution in [1.29, 1.82) is 0 Å². The molecule has 0 aliphatic carbocycles. The van der Waals surface area contributed by atoms with Crippen LogP contribution in [0.4, 0.5) is 5.69 Å². The topological polar surface area (TPSA) is 109 Å². The Balaban J connectivity index is 1.38. The number of imide groups is 1. The number of carbonyl (C=O) groups excluding carboxylic acids is 3. The van der Waals surface area contributed by atoms with Gasteiger partial charge in [-0.3, -0.25) is 14.4 Å². The fourth-order valence-corrected chi connectivity index (χ4v) is 4.01. The largest absolute Gasteiger partial charge is 0.454 e. The Kier molecular flexibility index (Phi) is 5.22. The number of rotatable bonds is 4. The number of nitrogens with one attached hydrogen (secondary N) is 1. The van der Waals surface area contributed by atoms with Crippen LogP contribution in [0.15, 0.2) is 65.5 Å². The zero-order chi connectivity index (χ0) is 24.0. The standard InChI is InChI=1S/C25H16ClN3O5/c1-13-4-2-3-5-20(13)29-23(31)16-8-6-14(10-18(16)24(29)32)25(33)34-12-21-27-19-11-15(26)7-9-17(19)22(30)28-21/h2-11H,12H2,1H3,(H,27,28,30). The van der Waals surface area contributed by atoms with Gasteiger partial charge in [-0.25, -0.2) is 14.7 Å². The molecule has 0 radical (unpaired) electrons. The molecule has 1 aromatic heterocycles. The lowest BCUT2D eigenvalue weighted by Crippen LogP contribution is -2.29. The lowest BCUT2D eigenvalue weighted by Gasteiger charge is -2.16. The molecule has 0 saturated heterocycles. The fourth-order valence-electron chi connectivity index (χ4n) is 3.85. The van der Waals surface area contributed by atoms with Crippen LogP contribution in [-0.4, -0.2) is 27.8 Å². The second-order valence-electron chi connectivity index (χ2n) is 7.74. The van der Waals surface area contributed by atoms with Crippen LogP contribution < -0.4 is 10.5 Å². The van der Waals surface area contributed by atoms with Crippen molar-refractivity contribution in [3.8, 4) is 0 Å². The molecular formula is C25H16ClN3O5. The SMILES string of the molecule is Cc1ccccc1N1C(=O)c2ccc(C(=O)OCc3nc4cc(Cl)ccc4c(=O)[nH]3)cc2C1=O. The van der Waals surface area contributed by atoms with Crippen molar-refractivity contribution in [3.63, 3.8) is 0 Å². The molecule has 1 aliphatic rings. The molecular weight excluding hydrogens is 458 g/mol. The Bertz CT molecular complexity index is 1580. The number of hydrogen-bond donors (Lipinski definition) is 1. The van der Waals surface area contributed by atoms with Crippen molar-refractivity contribution in [1.82, 2.24) is 9.97 Å². The second-order valence-corrected chi connectivity index (χ2v) is 8.18. The van der Waals surface area contributed by atoms with E-state index in [1.807, 2.05) is 6.07 Å². The van der Waals surface area contributed by atoms with E-state index >= 15 is 0 Å². The molecule has 8 nitrogen and oxygen atoms in total. The van der Waals surface area contributed by atoms with Gasteiger partial charge in [0.05, 0.1) is 33.3 Å². The van der Waals surface area contributed by atoms with E-state index in [1.165, 1.54) is 18.2 Å². The van der Waals surface area contributed by atoms with Crippen molar-refractivity contribution >= 4 is 46.0 Å². The van der Waals surface area contributed by atoms with Gasteiger partial charge in [0, 0.05) is 5.02 Å². The summed E-state index contributed by atoms with van der Waals surface area (Å²) >= 11 is 5.96. The van der Waals surface area contributed by atoms with E-state index in [2.05, 4.69) is 9.97 Å². The predicted octanol–water partition coefficient (Wildman–Crippen LogP) is 4.04. The maximum atomic E-state index is 13.0. The second kappa shape index (κ2) is 8.24. The van der Waals surface area contributed by atoms with Crippen molar-refractivity contribution in [2.45, 2.75) is 13.5 Å². The van der Waals surface area contributed by atoms with Crippen LogP contribution in [0.5, 0.6) is 0 Å². The van der Waals surface area contributed by atoms with E-state index in [-0.39, 0.29) is 34.7 Å². The van der Waals surface area contributed by atoms with Crippen LogP contribution in [-0.2, 0) is 11.3 Å². The molecule has 0 unspecified atom stereocenters. The third-order valence-electron chi connectivity index (χ3n) is 5.54. The summed E-state index contributed by atoms with van der Waals surface area (Å²) in [5.41, 5.74) is 1.68. The summed E-state index contributed by atoms with van der Waals surface area (Å²) in [4.78, 5) is 58.7. The Morgan fingerprint density at radius 2 is 1.76 bits per heavy atom. The van der Waals surface area contributed by atoms with Crippen molar-refractivity contribution in [2.75, 3.05) is 4.90 Å². The Labute approximate surface area is 197 Å². The van der Waals surface area contributed by atoms with Crippen LogP contribution in [0.1, 0.15) is 42.5 Å². The van der Waals surface area contributed by atoms with E-state index in [0.717, 1.165) is 10.5 Å². The van der Waals surface area contributed by atoms with Crippen LogP contribution >= 0.6 is 11.6 Å². The molecule has 168 valence electrons. The highest BCUT2D eigenvalue weighted by molar-refractivity contribution is 6.35. The molecule has 3 aromatic carbocycles. The van der Waals surface area contributed by atoms with Crippen LogP contribution in [0.25, 0.3) is 10.9 Å². The molecule has 34 heavy (non-hydrogen) atoms. The molecule has 0 spiro atoms. The van der Waals surface area contributed by atoms with E-state index in [4.69, 9.17) is 16.3 Å². The normalized spacial score (nSPS) is 12.8. The Morgan fingerprint density at radius 1 is 1.00 bits per heavy atom. The Hall–Kier alpha value is -4.30. The molecule has 0 saturated carbocycles. The van der Waals surface area contributed by atoms with Crippen molar-refractivity contribution < 1.29 is 19.1 Å². The van der Waals surface area contributed by atoms with Gasteiger partial charge in [-0.2, -0.15) is 0 Å². The molecule has 1 aliphatic heterocycles. The number of anilines is 1. The first-order valence-electron chi connectivity index (χ1n) is 10.3. The maximum Gasteiger partial charge on any atom is 0.338 e. The predicted molar refractivity (Wildman–Crippen MR) is 125 cm³/mol. The zero-order valence-electron chi connectivity index (χ0n) is 17.8. The lowest BCUT2D eigenvalue weighted by molar-refractivity contribution is 0.0462. The molecule has 4 aromatic rings. The number of benzene rings is 3. The van der Waals surface area contributed by atoms with E-state index < -0.39 is 17.8 Å². The molecule has 5 rings (SSSR count). The minimum absolute atomic E-state index is 0.0951. The first-order chi connectivity index (χ1) is 16.3. The average Bonchev–Trinajstić information content (AvgIpc) is 3.07. The minimum Gasteiger partial charge on any atom is -0.454 e. The van der Waals surface area contributed by atoms with Crippen LogP contribution in [0, 0.1) is 6.92 Å². The van der Waals surface area contributed by atoms with Crippen molar-refractivity contribution in [3.05, 3.63) is 104 Å². The highest BCUT2D eigenvalue weighted by atomic mass is 35.5. The number of halogens is 1. The molecule has 9 heteroatoms. The number of esters is 1. The summed E-state index contributed by atoms with van der Waals surface area (Å²) in [6.07, 6.45) is 0. The quantitative estimate of drug-likeness (QED) is 0.354. The van der Waals surface area contributed by atoms with Gasteiger partial charge in [0.15, 0.2) is 0 Å². The number of nitrogens with zero attached hydrogens (tertiary/aromatic N) is 2. The average molecular weight is 474 g/mol. The first-order valence-corrected chi connectivity index (χ1v) is 10.7. The molecule has 0 fully saturated rings. The molecule has 2 amide bonds. The van der Waals surface area contributed by atoms with E-state index in [1.54, 1.807) is 43.3 Å². The smallest absolute Gasteiger partial charge is 0.338 e. The van der Waals surface area contributed by atoms with Gasteiger partial charge < -0.3 is 9.72 Å². The molecule has 0 atom stereocenters. The number of ether oxygens (including phenoxy) is 1. The van der Waals surface area contributed by atoms with E-state index in [9.17, 15) is 19.2 Å². The number of aromatic amines is 1. The number of fused-ring (bicyclic) bond motifs is 2. The number of amides is 2. The summed E-state index contributed by atoms with van der Waals surface area (Å²) in [6, 6.07) is 15.9. The molecule has 2 heterocycles. The van der Waals surface area contributed by atoms with Gasteiger partial charge in [-0.1, -0.05) is 29.8 Å². The summed E-state index contributed by atoms with van der Waals surface area (Å²) in [6.45, 7) is 1.51. The van der Waals surface area contributed by atoms with Gasteiger partial charge in [0.25, 0.3) is 17.4 Å². The van der Waals surface area contributed by atoms with Crippen molar-refractivity contribution in [2.24, 2.45) is 0 Å². The number of H-pyrrole nitrogens is 1. The van der Waals surface area contributed by atoms with Gasteiger partial charge in [-0.05, 0) is 55.0 Å². The number of aryl methyl sites for hydroxylation is 1. The third kappa shape index (κ3) is 3.64. The van der Waals surface area contributed by atoms with E-state index in [0.29, 0.717) is 21.6 Å². The maximum absolute atomic E-state index is 13.0. The molecule has 0 bridgehead atoms. The minimum atomic E-state index is -0.730. The van der Waals surface area contributed by atoms with Gasteiger partial charge in [-0.15, -0.1) is 0 Å². The third-order valence-corrected chi connectivity index (χ3v) is 5.77. The Morgan fingerprint density at radius 3 is 2.56 bits per heavy atom. The van der Waals surface area contributed by atoms with Gasteiger partial charge in [0.2, 0.25) is 0 Å². The summed E-state index contributed by atoms with van der Waals surface area (Å²) in [5.74, 6) is -1.55. The fraction of sp³-hybridized carbons (Fsp3) is 0.0800. The highest BCUT2D eigenvalue weighted by Crippen LogP contribution is 2.31. The number of aromatic nitrogens is 2. The summed E-state index contributed by atoms with van der Waals surface area (Å²) in [5, 5.41) is 0.783. The van der Waals surface area contributed by atoms with Gasteiger partial charge >= 0.3 is 5.97 Å². The highest BCUT2D eigenvalue weighted by Gasteiger charge is 2.37. The van der Waals surface area contributed by atoms with Crippen LogP contribution in [0.3, 0.4) is 0 Å². The van der Waals surface area contributed by atoms with Gasteiger partial charge in [0.1, 0.15) is 12.4 Å². The number of carbonyl (C=O) groups is 3.